The van der Waals surface area contributed by atoms with Crippen LogP contribution in [-0.4, -0.2) is 29.5 Å². The van der Waals surface area contributed by atoms with Crippen molar-refractivity contribution >= 4 is 46.5 Å². The summed E-state index contributed by atoms with van der Waals surface area (Å²) in [5.74, 6) is -1.55. The molecule has 0 aromatic heterocycles. The number of carbonyl (C=O) groups excluding carboxylic acids is 3. The minimum absolute atomic E-state index is 0.0153. The first kappa shape index (κ1) is 20.8. The number of benzene rings is 2. The van der Waals surface area contributed by atoms with Crippen LogP contribution in [0.25, 0.3) is 0 Å². The molecule has 0 aliphatic rings. The summed E-state index contributed by atoms with van der Waals surface area (Å²) < 4.78 is 4.69. The van der Waals surface area contributed by atoms with E-state index in [1.54, 1.807) is 43.3 Å². The zero-order chi connectivity index (χ0) is 20.4. The minimum atomic E-state index is -0.626. The number of para-hydroxylation sites is 2. The molecule has 0 saturated carbocycles. The van der Waals surface area contributed by atoms with E-state index in [1.165, 1.54) is 0 Å². The molecule has 8 heteroatoms. The van der Waals surface area contributed by atoms with E-state index in [2.05, 4.69) is 20.7 Å². The van der Waals surface area contributed by atoms with E-state index in [4.69, 9.17) is 12.2 Å². The molecule has 0 unspecified atom stereocenters. The summed E-state index contributed by atoms with van der Waals surface area (Å²) in [5, 5.41) is 7.98. The van der Waals surface area contributed by atoms with Gasteiger partial charge in [0.25, 0.3) is 5.91 Å². The van der Waals surface area contributed by atoms with Gasteiger partial charge in [-0.05, 0) is 43.4 Å². The molecule has 2 amide bonds. The Morgan fingerprint density at radius 3 is 2.36 bits per heavy atom. The van der Waals surface area contributed by atoms with Gasteiger partial charge >= 0.3 is 5.97 Å². The largest absolute Gasteiger partial charge is 0.463 e. The molecular formula is C20H19N3O4S. The Balaban J connectivity index is 2.00. The molecule has 0 saturated heterocycles. The highest BCUT2D eigenvalue weighted by atomic mass is 32.1. The van der Waals surface area contributed by atoms with Gasteiger partial charge in [0.2, 0.25) is 5.91 Å². The minimum Gasteiger partial charge on any atom is -0.463 e. The lowest BCUT2D eigenvalue weighted by molar-refractivity contribution is -0.137. The number of amides is 2. The number of ether oxygens (including phenoxy) is 1. The van der Waals surface area contributed by atoms with Gasteiger partial charge in [-0.3, -0.25) is 14.9 Å². The number of hydrogen-bond acceptors (Lipinski definition) is 5. The fraction of sp³-hybridized carbons (Fsp3) is 0.100. The molecule has 0 atom stereocenters. The fourth-order valence-corrected chi connectivity index (χ4v) is 2.36. The molecule has 0 fully saturated rings. The number of hydrogen-bond donors (Lipinski definition) is 3. The lowest BCUT2D eigenvalue weighted by atomic mass is 10.1. The van der Waals surface area contributed by atoms with Crippen molar-refractivity contribution in [2.24, 2.45) is 0 Å². The Labute approximate surface area is 167 Å². The second kappa shape index (κ2) is 10.6. The molecule has 0 aliphatic heterocycles. The highest BCUT2D eigenvalue weighted by Crippen LogP contribution is 2.17. The van der Waals surface area contributed by atoms with Gasteiger partial charge in [-0.1, -0.05) is 30.3 Å². The van der Waals surface area contributed by atoms with Crippen molar-refractivity contribution in [1.29, 1.82) is 0 Å². The maximum Gasteiger partial charge on any atom is 0.330 e. The zero-order valence-corrected chi connectivity index (χ0v) is 15.9. The Morgan fingerprint density at radius 2 is 1.64 bits per heavy atom. The SMILES string of the molecule is CCOC(=O)/C=C/C(=O)NC(=S)Nc1ccccc1C(=O)Nc1ccccc1. The molecule has 0 aliphatic carbocycles. The highest BCUT2D eigenvalue weighted by molar-refractivity contribution is 7.80. The first-order chi connectivity index (χ1) is 13.5. The van der Waals surface area contributed by atoms with Crippen molar-refractivity contribution in [2.75, 3.05) is 17.2 Å². The maximum absolute atomic E-state index is 12.5. The lowest BCUT2D eigenvalue weighted by Gasteiger charge is -2.13. The third-order valence-corrected chi connectivity index (χ3v) is 3.55. The van der Waals surface area contributed by atoms with Crippen molar-refractivity contribution < 1.29 is 19.1 Å². The molecule has 2 rings (SSSR count). The van der Waals surface area contributed by atoms with Gasteiger partial charge in [-0.25, -0.2) is 4.79 Å². The zero-order valence-electron chi connectivity index (χ0n) is 15.1. The molecule has 0 radical (unpaired) electrons. The number of nitrogens with one attached hydrogen (secondary N) is 3. The molecule has 0 heterocycles. The first-order valence-corrected chi connectivity index (χ1v) is 8.82. The smallest absolute Gasteiger partial charge is 0.330 e. The summed E-state index contributed by atoms with van der Waals surface area (Å²) in [6.45, 7) is 1.88. The molecule has 2 aromatic rings. The summed E-state index contributed by atoms with van der Waals surface area (Å²) in [7, 11) is 0. The van der Waals surface area contributed by atoms with Gasteiger partial charge in [0.1, 0.15) is 0 Å². The second-order valence-corrected chi connectivity index (χ2v) is 5.80. The highest BCUT2D eigenvalue weighted by Gasteiger charge is 2.12. The molecular weight excluding hydrogens is 378 g/mol. The van der Waals surface area contributed by atoms with Crippen LogP contribution in [0.1, 0.15) is 17.3 Å². The Kier molecular flexibility index (Phi) is 7.86. The van der Waals surface area contributed by atoms with Crippen LogP contribution in [0.5, 0.6) is 0 Å². The summed E-state index contributed by atoms with van der Waals surface area (Å²) in [6, 6.07) is 15.8. The quantitative estimate of drug-likeness (QED) is 0.394. The summed E-state index contributed by atoms with van der Waals surface area (Å²) in [4.78, 5) is 35.5. The van der Waals surface area contributed by atoms with Crippen molar-refractivity contribution in [3.05, 3.63) is 72.3 Å². The molecule has 7 nitrogen and oxygen atoms in total. The van der Waals surface area contributed by atoms with Gasteiger partial charge in [-0.2, -0.15) is 0 Å². The first-order valence-electron chi connectivity index (χ1n) is 8.42. The van der Waals surface area contributed by atoms with E-state index in [1.807, 2.05) is 18.2 Å². The van der Waals surface area contributed by atoms with Gasteiger partial charge in [0, 0.05) is 17.8 Å². The van der Waals surface area contributed by atoms with Gasteiger partial charge < -0.3 is 15.4 Å². The van der Waals surface area contributed by atoms with Crippen LogP contribution in [0, 0.1) is 0 Å². The normalized spacial score (nSPS) is 10.2. The third-order valence-electron chi connectivity index (χ3n) is 3.35. The predicted octanol–water partition coefficient (Wildman–Crippen LogP) is 2.87. The second-order valence-electron chi connectivity index (χ2n) is 5.39. The van der Waals surface area contributed by atoms with Gasteiger partial charge in [0.05, 0.1) is 17.9 Å². The number of thiocarbonyl (C=S) groups is 1. The Bertz CT molecular complexity index is 897. The van der Waals surface area contributed by atoms with Crippen LogP contribution in [-0.2, 0) is 14.3 Å². The topological polar surface area (TPSA) is 96.5 Å². The van der Waals surface area contributed by atoms with E-state index in [9.17, 15) is 14.4 Å². The van der Waals surface area contributed by atoms with E-state index in [-0.39, 0.29) is 17.6 Å². The van der Waals surface area contributed by atoms with Crippen molar-refractivity contribution in [3.8, 4) is 0 Å². The monoisotopic (exact) mass is 397 g/mol. The Hall–Kier alpha value is -3.52. The van der Waals surface area contributed by atoms with Crippen LogP contribution >= 0.6 is 12.2 Å². The molecule has 2 aromatic carbocycles. The summed E-state index contributed by atoms with van der Waals surface area (Å²) in [5.41, 5.74) is 1.43. The average molecular weight is 397 g/mol. The Morgan fingerprint density at radius 1 is 0.964 bits per heavy atom. The number of anilines is 2. The predicted molar refractivity (Wildman–Crippen MR) is 111 cm³/mol. The third kappa shape index (κ3) is 6.65. The van der Waals surface area contributed by atoms with Crippen molar-refractivity contribution in [2.45, 2.75) is 6.92 Å². The number of esters is 1. The summed E-state index contributed by atoms with van der Waals surface area (Å²) in [6.07, 6.45) is 2.02. The maximum atomic E-state index is 12.5. The van der Waals surface area contributed by atoms with E-state index < -0.39 is 11.9 Å². The molecule has 3 N–H and O–H groups in total. The molecule has 144 valence electrons. The van der Waals surface area contributed by atoms with Gasteiger partial charge in [-0.15, -0.1) is 0 Å². The molecule has 0 spiro atoms. The summed E-state index contributed by atoms with van der Waals surface area (Å²) >= 11 is 5.09. The standard InChI is InChI=1S/C20H19N3O4S/c1-2-27-18(25)13-12-17(24)23-20(28)22-16-11-7-6-10-15(16)19(26)21-14-8-4-3-5-9-14/h3-13H,2H2,1H3,(H,21,26)(H2,22,23,24,28)/b13-12+. The van der Waals surface area contributed by atoms with Crippen LogP contribution in [0.15, 0.2) is 66.7 Å². The van der Waals surface area contributed by atoms with Crippen molar-refractivity contribution in [3.63, 3.8) is 0 Å². The van der Waals surface area contributed by atoms with Crippen LogP contribution in [0.2, 0.25) is 0 Å². The molecule has 28 heavy (non-hydrogen) atoms. The lowest BCUT2D eigenvalue weighted by Crippen LogP contribution is -2.33. The van der Waals surface area contributed by atoms with Crippen LogP contribution < -0.4 is 16.0 Å². The fourth-order valence-electron chi connectivity index (χ4n) is 2.15. The van der Waals surface area contributed by atoms with Gasteiger partial charge in [0.15, 0.2) is 5.11 Å². The number of rotatable bonds is 6. The van der Waals surface area contributed by atoms with Crippen LogP contribution in [0.3, 0.4) is 0 Å². The van der Waals surface area contributed by atoms with E-state index in [0.717, 1.165) is 12.2 Å². The van der Waals surface area contributed by atoms with Crippen LogP contribution in [0.4, 0.5) is 11.4 Å². The molecule has 0 bridgehead atoms. The van der Waals surface area contributed by atoms with Crippen molar-refractivity contribution in [1.82, 2.24) is 5.32 Å². The number of carbonyl (C=O) groups is 3. The van der Waals surface area contributed by atoms with E-state index >= 15 is 0 Å². The average Bonchev–Trinajstić information content (AvgIpc) is 2.67. The van der Waals surface area contributed by atoms with E-state index in [0.29, 0.717) is 16.9 Å².